The molecule has 116 valence electrons. The number of nitrogens with two attached hydrogens (primary N) is 1. The quantitative estimate of drug-likeness (QED) is 0.806. The highest BCUT2D eigenvalue weighted by atomic mass is 16.5. The maximum Gasteiger partial charge on any atom is 0.326 e. The van der Waals surface area contributed by atoms with E-state index in [1.54, 1.807) is 0 Å². The van der Waals surface area contributed by atoms with Gasteiger partial charge in [-0.15, -0.1) is 0 Å². The maximum absolute atomic E-state index is 12.0. The summed E-state index contributed by atoms with van der Waals surface area (Å²) in [5, 5.41) is 0. The Morgan fingerprint density at radius 1 is 1.40 bits per heavy atom. The molecule has 0 aromatic rings. The van der Waals surface area contributed by atoms with Gasteiger partial charge in [-0.25, -0.2) is 0 Å². The average Bonchev–Trinajstić information content (AvgIpc) is 2.95. The number of hydrogen-bond donors (Lipinski definition) is 1. The number of ether oxygens (including phenoxy) is 1. The number of rotatable bonds is 3. The van der Waals surface area contributed by atoms with Crippen molar-refractivity contribution >= 4 is 5.97 Å². The van der Waals surface area contributed by atoms with E-state index in [0.717, 1.165) is 38.3 Å². The van der Waals surface area contributed by atoms with Crippen molar-refractivity contribution < 1.29 is 9.53 Å². The molecule has 2 N–H and O–H groups in total. The number of carbonyl (C=O) groups is 1. The third-order valence-electron chi connectivity index (χ3n) is 5.17. The van der Waals surface area contributed by atoms with Crippen LogP contribution in [0.1, 0.15) is 53.4 Å². The van der Waals surface area contributed by atoms with E-state index in [0.29, 0.717) is 18.1 Å². The van der Waals surface area contributed by atoms with Crippen molar-refractivity contribution in [2.24, 2.45) is 17.1 Å². The SMILES string of the molecule is CCOC(=O)C1(N)CCC(N2CCC(C(C)(C)C)C2)C1. The fraction of sp³-hybridized carbons (Fsp3) is 0.938. The van der Waals surface area contributed by atoms with Gasteiger partial charge in [-0.05, 0) is 50.5 Å². The Kier molecular flexibility index (Phi) is 4.45. The molecule has 0 radical (unpaired) electrons. The molecule has 20 heavy (non-hydrogen) atoms. The predicted octanol–water partition coefficient (Wildman–Crippen LogP) is 2.17. The molecule has 0 aromatic heterocycles. The van der Waals surface area contributed by atoms with Gasteiger partial charge in [-0.1, -0.05) is 20.8 Å². The lowest BCUT2D eigenvalue weighted by molar-refractivity contribution is -0.149. The molecule has 2 aliphatic rings. The van der Waals surface area contributed by atoms with Crippen molar-refractivity contribution in [3.8, 4) is 0 Å². The lowest BCUT2D eigenvalue weighted by Crippen LogP contribution is -2.48. The third-order valence-corrected chi connectivity index (χ3v) is 5.17. The van der Waals surface area contributed by atoms with Gasteiger partial charge in [0.25, 0.3) is 0 Å². The van der Waals surface area contributed by atoms with E-state index < -0.39 is 5.54 Å². The van der Waals surface area contributed by atoms with Crippen LogP contribution in [0.5, 0.6) is 0 Å². The first-order valence-corrected chi connectivity index (χ1v) is 7.96. The Labute approximate surface area is 123 Å². The first kappa shape index (κ1) is 15.8. The minimum Gasteiger partial charge on any atom is -0.465 e. The second-order valence-electron chi connectivity index (χ2n) is 7.62. The van der Waals surface area contributed by atoms with Crippen LogP contribution in [0.3, 0.4) is 0 Å². The molecule has 0 spiro atoms. The maximum atomic E-state index is 12.0. The number of hydrogen-bond acceptors (Lipinski definition) is 4. The largest absolute Gasteiger partial charge is 0.465 e. The zero-order valence-corrected chi connectivity index (χ0v) is 13.4. The number of carbonyl (C=O) groups excluding carboxylic acids is 1. The fourth-order valence-corrected chi connectivity index (χ4v) is 3.65. The van der Waals surface area contributed by atoms with Gasteiger partial charge in [0.2, 0.25) is 0 Å². The molecular weight excluding hydrogens is 252 g/mol. The molecule has 0 amide bonds. The number of likely N-dealkylation sites (tertiary alicyclic amines) is 1. The van der Waals surface area contributed by atoms with Crippen molar-refractivity contribution in [3.05, 3.63) is 0 Å². The summed E-state index contributed by atoms with van der Waals surface area (Å²) in [5.41, 5.74) is 5.89. The van der Waals surface area contributed by atoms with Crippen LogP contribution in [-0.4, -0.2) is 42.1 Å². The Bertz CT molecular complexity index is 364. The Balaban J connectivity index is 1.92. The van der Waals surface area contributed by atoms with Crippen LogP contribution >= 0.6 is 0 Å². The fourth-order valence-electron chi connectivity index (χ4n) is 3.65. The van der Waals surface area contributed by atoms with Gasteiger partial charge in [0.05, 0.1) is 6.61 Å². The summed E-state index contributed by atoms with van der Waals surface area (Å²) < 4.78 is 5.13. The Morgan fingerprint density at radius 2 is 2.10 bits per heavy atom. The van der Waals surface area contributed by atoms with E-state index >= 15 is 0 Å². The zero-order valence-electron chi connectivity index (χ0n) is 13.4. The van der Waals surface area contributed by atoms with E-state index in [-0.39, 0.29) is 5.97 Å². The summed E-state index contributed by atoms with van der Waals surface area (Å²) in [6, 6.07) is 0.455. The smallest absolute Gasteiger partial charge is 0.326 e. The lowest BCUT2D eigenvalue weighted by atomic mass is 9.80. The normalized spacial score (nSPS) is 35.5. The van der Waals surface area contributed by atoms with Crippen LogP contribution < -0.4 is 5.73 Å². The standard InChI is InChI=1S/C16H30N2O2/c1-5-20-14(19)16(17)8-6-13(10-16)18-9-7-12(11-18)15(2,3)4/h12-13H,5-11,17H2,1-4H3. The van der Waals surface area contributed by atoms with E-state index in [1.165, 1.54) is 6.42 Å². The van der Waals surface area contributed by atoms with E-state index in [2.05, 4.69) is 25.7 Å². The summed E-state index contributed by atoms with van der Waals surface area (Å²) in [4.78, 5) is 14.5. The molecule has 1 heterocycles. The first-order chi connectivity index (χ1) is 9.26. The highest BCUT2D eigenvalue weighted by Gasteiger charge is 2.46. The highest BCUT2D eigenvalue weighted by molar-refractivity contribution is 5.81. The molecule has 2 rings (SSSR count). The van der Waals surface area contributed by atoms with Gasteiger partial charge in [0.1, 0.15) is 5.54 Å². The van der Waals surface area contributed by atoms with Crippen molar-refractivity contribution in [2.75, 3.05) is 19.7 Å². The van der Waals surface area contributed by atoms with Crippen molar-refractivity contribution in [3.63, 3.8) is 0 Å². The Hall–Kier alpha value is -0.610. The van der Waals surface area contributed by atoms with Crippen LogP contribution in [-0.2, 0) is 9.53 Å². The van der Waals surface area contributed by atoms with Crippen molar-refractivity contribution in [1.29, 1.82) is 0 Å². The topological polar surface area (TPSA) is 55.6 Å². The zero-order chi connectivity index (χ0) is 15.0. The van der Waals surface area contributed by atoms with Crippen LogP contribution in [0.15, 0.2) is 0 Å². The van der Waals surface area contributed by atoms with Crippen molar-refractivity contribution in [2.45, 2.75) is 65.0 Å². The molecule has 1 saturated carbocycles. The summed E-state index contributed by atoms with van der Waals surface area (Å²) >= 11 is 0. The lowest BCUT2D eigenvalue weighted by Gasteiger charge is -2.30. The molecule has 3 atom stereocenters. The van der Waals surface area contributed by atoms with E-state index in [9.17, 15) is 4.79 Å². The first-order valence-electron chi connectivity index (χ1n) is 7.96. The molecule has 4 nitrogen and oxygen atoms in total. The summed E-state index contributed by atoms with van der Waals surface area (Å²) in [6.45, 7) is 11.5. The van der Waals surface area contributed by atoms with Gasteiger partial charge in [-0.2, -0.15) is 0 Å². The second-order valence-corrected chi connectivity index (χ2v) is 7.62. The van der Waals surface area contributed by atoms with Gasteiger partial charge >= 0.3 is 5.97 Å². The van der Waals surface area contributed by atoms with Crippen LogP contribution in [0.2, 0.25) is 0 Å². The number of esters is 1. The second kappa shape index (κ2) is 5.64. The molecule has 0 aromatic carbocycles. The summed E-state index contributed by atoms with van der Waals surface area (Å²) in [7, 11) is 0. The van der Waals surface area contributed by atoms with Crippen LogP contribution in [0.4, 0.5) is 0 Å². The molecule has 3 unspecified atom stereocenters. The third kappa shape index (κ3) is 3.17. The molecule has 1 aliphatic carbocycles. The monoisotopic (exact) mass is 282 g/mol. The summed E-state index contributed by atoms with van der Waals surface area (Å²) in [6.07, 6.45) is 3.79. The van der Waals surface area contributed by atoms with Gasteiger partial charge in [0, 0.05) is 12.6 Å². The predicted molar refractivity (Wildman–Crippen MR) is 80.3 cm³/mol. The van der Waals surface area contributed by atoms with Gasteiger partial charge in [0.15, 0.2) is 0 Å². The molecule has 1 aliphatic heterocycles. The van der Waals surface area contributed by atoms with Crippen LogP contribution in [0, 0.1) is 11.3 Å². The van der Waals surface area contributed by atoms with Gasteiger partial charge < -0.3 is 10.5 Å². The molecular formula is C16H30N2O2. The van der Waals surface area contributed by atoms with Crippen molar-refractivity contribution in [1.82, 2.24) is 4.90 Å². The van der Waals surface area contributed by atoms with Crippen LogP contribution in [0.25, 0.3) is 0 Å². The van der Waals surface area contributed by atoms with E-state index in [4.69, 9.17) is 10.5 Å². The minimum absolute atomic E-state index is 0.214. The molecule has 4 heteroatoms. The van der Waals surface area contributed by atoms with E-state index in [1.807, 2.05) is 6.92 Å². The molecule has 2 fully saturated rings. The Morgan fingerprint density at radius 3 is 2.65 bits per heavy atom. The summed E-state index contributed by atoms with van der Waals surface area (Å²) in [5.74, 6) is 0.534. The minimum atomic E-state index is -0.750. The molecule has 1 saturated heterocycles. The van der Waals surface area contributed by atoms with Gasteiger partial charge in [-0.3, -0.25) is 9.69 Å². The number of nitrogens with zero attached hydrogens (tertiary/aromatic N) is 1. The molecule has 0 bridgehead atoms. The highest BCUT2D eigenvalue weighted by Crippen LogP contribution is 2.39. The average molecular weight is 282 g/mol.